The van der Waals surface area contributed by atoms with Gasteiger partial charge in [-0.15, -0.1) is 0 Å². The van der Waals surface area contributed by atoms with Crippen LogP contribution in [0.15, 0.2) is 4.99 Å². The molecule has 0 aliphatic heterocycles. The molecule has 0 radical (unpaired) electrons. The molecule has 0 bridgehead atoms. The van der Waals surface area contributed by atoms with Gasteiger partial charge in [0.25, 0.3) is 0 Å². The van der Waals surface area contributed by atoms with Gasteiger partial charge in [-0.1, -0.05) is 0 Å². The SMILES string of the molecule is CN=C(C)NC(C)C. The van der Waals surface area contributed by atoms with E-state index in [4.69, 9.17) is 0 Å². The molecule has 0 unspecified atom stereocenters. The van der Waals surface area contributed by atoms with Crippen LogP contribution in [-0.4, -0.2) is 18.9 Å². The van der Waals surface area contributed by atoms with Gasteiger partial charge in [0.2, 0.25) is 0 Å². The number of amidine groups is 1. The van der Waals surface area contributed by atoms with Crippen molar-refractivity contribution in [2.45, 2.75) is 26.8 Å². The van der Waals surface area contributed by atoms with Crippen molar-refractivity contribution in [2.24, 2.45) is 4.99 Å². The van der Waals surface area contributed by atoms with Gasteiger partial charge in [0.05, 0.1) is 5.84 Å². The summed E-state index contributed by atoms with van der Waals surface area (Å²) in [6.07, 6.45) is 0. The van der Waals surface area contributed by atoms with Gasteiger partial charge in [-0.2, -0.15) is 0 Å². The average molecular weight is 114 g/mol. The minimum atomic E-state index is 0.499. The van der Waals surface area contributed by atoms with E-state index >= 15 is 0 Å². The zero-order valence-corrected chi connectivity index (χ0v) is 6.02. The van der Waals surface area contributed by atoms with Crippen LogP contribution in [-0.2, 0) is 0 Å². The van der Waals surface area contributed by atoms with E-state index in [1.807, 2.05) is 6.92 Å². The van der Waals surface area contributed by atoms with E-state index in [-0.39, 0.29) is 0 Å². The summed E-state index contributed by atoms with van der Waals surface area (Å²) in [5.74, 6) is 1.00. The lowest BCUT2D eigenvalue weighted by Gasteiger charge is -2.06. The van der Waals surface area contributed by atoms with Gasteiger partial charge >= 0.3 is 0 Å². The number of hydrogen-bond acceptors (Lipinski definition) is 1. The van der Waals surface area contributed by atoms with Crippen LogP contribution in [0.3, 0.4) is 0 Å². The Kier molecular flexibility index (Phi) is 3.24. The standard InChI is InChI=1S/C6H14N2/c1-5(2)8-6(3)7-4/h5H,1-4H3,(H,7,8). The zero-order chi connectivity index (χ0) is 6.57. The van der Waals surface area contributed by atoms with E-state index in [9.17, 15) is 0 Å². The first-order valence-corrected chi connectivity index (χ1v) is 2.86. The fourth-order valence-electron chi connectivity index (χ4n) is 0.482. The number of nitrogens with one attached hydrogen (secondary N) is 1. The molecule has 0 aromatic heterocycles. The lowest BCUT2D eigenvalue weighted by Crippen LogP contribution is -2.27. The topological polar surface area (TPSA) is 24.4 Å². The second kappa shape index (κ2) is 3.47. The van der Waals surface area contributed by atoms with E-state index in [0.29, 0.717) is 6.04 Å². The Balaban J connectivity index is 3.39. The molecule has 0 fully saturated rings. The van der Waals surface area contributed by atoms with Crippen molar-refractivity contribution in [2.75, 3.05) is 7.05 Å². The van der Waals surface area contributed by atoms with Crippen molar-refractivity contribution < 1.29 is 0 Å². The maximum Gasteiger partial charge on any atom is 0.0930 e. The van der Waals surface area contributed by atoms with E-state index in [1.54, 1.807) is 7.05 Å². The van der Waals surface area contributed by atoms with Crippen LogP contribution >= 0.6 is 0 Å². The first-order valence-electron chi connectivity index (χ1n) is 2.86. The summed E-state index contributed by atoms with van der Waals surface area (Å²) < 4.78 is 0. The molecule has 0 saturated carbocycles. The van der Waals surface area contributed by atoms with Crippen LogP contribution in [0.25, 0.3) is 0 Å². The summed E-state index contributed by atoms with van der Waals surface area (Å²) in [7, 11) is 1.78. The highest BCUT2D eigenvalue weighted by atomic mass is 15.0. The Labute approximate surface area is 51.0 Å². The highest BCUT2D eigenvalue weighted by Crippen LogP contribution is 1.76. The van der Waals surface area contributed by atoms with Crippen molar-refractivity contribution in [1.29, 1.82) is 0 Å². The lowest BCUT2D eigenvalue weighted by molar-refractivity contribution is 0.729. The lowest BCUT2D eigenvalue weighted by atomic mass is 10.4. The Morgan fingerprint density at radius 1 is 1.50 bits per heavy atom. The Morgan fingerprint density at radius 2 is 2.00 bits per heavy atom. The molecule has 48 valence electrons. The van der Waals surface area contributed by atoms with Crippen LogP contribution in [0.4, 0.5) is 0 Å². The summed E-state index contributed by atoms with van der Waals surface area (Å²) in [6.45, 7) is 6.14. The third-order valence-electron chi connectivity index (χ3n) is 0.833. The first kappa shape index (κ1) is 7.47. The summed E-state index contributed by atoms with van der Waals surface area (Å²) in [5.41, 5.74) is 0. The van der Waals surface area contributed by atoms with Crippen molar-refractivity contribution in [3.05, 3.63) is 0 Å². The van der Waals surface area contributed by atoms with Gasteiger partial charge in [-0.3, -0.25) is 4.99 Å². The summed E-state index contributed by atoms with van der Waals surface area (Å²) >= 11 is 0. The van der Waals surface area contributed by atoms with Crippen molar-refractivity contribution in [1.82, 2.24) is 5.32 Å². The fourth-order valence-corrected chi connectivity index (χ4v) is 0.482. The monoisotopic (exact) mass is 114 g/mol. The Morgan fingerprint density at radius 3 is 2.12 bits per heavy atom. The Hall–Kier alpha value is -0.530. The molecule has 0 spiro atoms. The molecule has 2 heteroatoms. The highest BCUT2D eigenvalue weighted by Gasteiger charge is 1.89. The molecule has 0 aromatic rings. The van der Waals surface area contributed by atoms with Gasteiger partial charge in [-0.25, -0.2) is 0 Å². The van der Waals surface area contributed by atoms with Crippen LogP contribution in [0.2, 0.25) is 0 Å². The third-order valence-corrected chi connectivity index (χ3v) is 0.833. The van der Waals surface area contributed by atoms with Crippen LogP contribution in [0, 0.1) is 0 Å². The smallest absolute Gasteiger partial charge is 0.0930 e. The largest absolute Gasteiger partial charge is 0.372 e. The van der Waals surface area contributed by atoms with Crippen LogP contribution in [0.1, 0.15) is 20.8 Å². The molecular formula is C6H14N2. The van der Waals surface area contributed by atoms with Gasteiger partial charge in [0.1, 0.15) is 0 Å². The van der Waals surface area contributed by atoms with E-state index in [0.717, 1.165) is 5.84 Å². The van der Waals surface area contributed by atoms with E-state index in [1.165, 1.54) is 0 Å². The minimum Gasteiger partial charge on any atom is -0.372 e. The quantitative estimate of drug-likeness (QED) is 0.399. The second-order valence-corrected chi connectivity index (χ2v) is 2.11. The molecule has 2 nitrogen and oxygen atoms in total. The molecular weight excluding hydrogens is 100 g/mol. The normalized spacial score (nSPS) is 12.4. The predicted octanol–water partition coefficient (Wildman–Crippen LogP) is 1.03. The minimum absolute atomic E-state index is 0.499. The number of hydrogen-bond donors (Lipinski definition) is 1. The number of aliphatic imine (C=N–C) groups is 1. The van der Waals surface area contributed by atoms with Crippen molar-refractivity contribution in [3.63, 3.8) is 0 Å². The van der Waals surface area contributed by atoms with Crippen molar-refractivity contribution in [3.8, 4) is 0 Å². The molecule has 0 aromatic carbocycles. The molecule has 1 N–H and O–H groups in total. The Bertz CT molecular complexity index is 84.5. The predicted molar refractivity (Wildman–Crippen MR) is 37.3 cm³/mol. The molecule has 0 rings (SSSR count). The highest BCUT2D eigenvalue weighted by molar-refractivity contribution is 5.79. The number of rotatable bonds is 1. The molecule has 0 atom stereocenters. The number of nitrogens with zero attached hydrogens (tertiary/aromatic N) is 1. The molecule has 8 heavy (non-hydrogen) atoms. The molecule has 0 aliphatic carbocycles. The maximum atomic E-state index is 3.93. The fraction of sp³-hybridized carbons (Fsp3) is 0.833. The van der Waals surface area contributed by atoms with Crippen LogP contribution < -0.4 is 5.32 Å². The summed E-state index contributed by atoms with van der Waals surface area (Å²) in [6, 6.07) is 0.499. The van der Waals surface area contributed by atoms with Crippen LogP contribution in [0.5, 0.6) is 0 Å². The van der Waals surface area contributed by atoms with Gasteiger partial charge in [-0.05, 0) is 20.8 Å². The first-order chi connectivity index (χ1) is 3.66. The average Bonchev–Trinajstić information content (AvgIpc) is 1.65. The van der Waals surface area contributed by atoms with Crippen molar-refractivity contribution >= 4 is 5.84 Å². The van der Waals surface area contributed by atoms with E-state index in [2.05, 4.69) is 24.2 Å². The molecule has 0 amide bonds. The van der Waals surface area contributed by atoms with Gasteiger partial charge < -0.3 is 5.32 Å². The third kappa shape index (κ3) is 3.65. The van der Waals surface area contributed by atoms with E-state index < -0.39 is 0 Å². The summed E-state index contributed by atoms with van der Waals surface area (Å²) in [5, 5.41) is 3.14. The molecule has 0 aliphatic rings. The zero-order valence-electron chi connectivity index (χ0n) is 6.02. The van der Waals surface area contributed by atoms with Gasteiger partial charge in [0, 0.05) is 13.1 Å². The molecule has 0 saturated heterocycles. The molecule has 0 heterocycles. The van der Waals surface area contributed by atoms with Gasteiger partial charge in [0.15, 0.2) is 0 Å². The summed E-state index contributed by atoms with van der Waals surface area (Å²) in [4.78, 5) is 3.93. The second-order valence-electron chi connectivity index (χ2n) is 2.11. The maximum absolute atomic E-state index is 3.93.